The molecule has 0 bridgehead atoms. The number of halogens is 2. The van der Waals surface area contributed by atoms with E-state index >= 15 is 0 Å². The molecule has 0 N–H and O–H groups in total. The third-order valence-electron chi connectivity index (χ3n) is 2.22. The molecular weight excluding hydrogens is 352 g/mol. The lowest BCUT2D eigenvalue weighted by atomic mass is 10.0. The van der Waals surface area contributed by atoms with Gasteiger partial charge in [-0.15, -0.1) is 11.3 Å². The van der Waals surface area contributed by atoms with E-state index in [0.717, 1.165) is 18.7 Å². The van der Waals surface area contributed by atoms with E-state index in [1.54, 1.807) is 11.3 Å². The Morgan fingerprint density at radius 1 is 1.25 bits per heavy atom. The van der Waals surface area contributed by atoms with Crippen LogP contribution in [0.3, 0.4) is 0 Å². The fourth-order valence-electron chi connectivity index (χ4n) is 1.46. The number of benzene rings is 1. The molecule has 0 aliphatic rings. The maximum absolute atomic E-state index is 12.2. The molecule has 2 rings (SSSR count). The van der Waals surface area contributed by atoms with Crippen LogP contribution in [-0.4, -0.2) is 5.78 Å². The second kappa shape index (κ2) is 4.82. The van der Waals surface area contributed by atoms with Crippen LogP contribution in [0.5, 0.6) is 0 Å². The largest absolute Gasteiger partial charge is 0.289 e. The summed E-state index contributed by atoms with van der Waals surface area (Å²) in [6.45, 7) is 1.96. The number of hydrogen-bond acceptors (Lipinski definition) is 2. The monoisotopic (exact) mass is 358 g/mol. The van der Waals surface area contributed by atoms with Gasteiger partial charge in [0, 0.05) is 20.5 Å². The molecule has 0 amide bonds. The van der Waals surface area contributed by atoms with Crippen LogP contribution in [0.4, 0.5) is 0 Å². The topological polar surface area (TPSA) is 17.1 Å². The number of carbonyl (C=O) groups excluding carboxylic acids is 1. The zero-order valence-corrected chi connectivity index (χ0v) is 12.4. The lowest BCUT2D eigenvalue weighted by Gasteiger charge is -2.00. The number of hydrogen-bond donors (Lipinski definition) is 0. The second-order valence-electron chi connectivity index (χ2n) is 3.36. The van der Waals surface area contributed by atoms with Crippen molar-refractivity contribution in [1.82, 2.24) is 0 Å². The van der Waals surface area contributed by atoms with Crippen LogP contribution in [0.25, 0.3) is 0 Å². The molecule has 0 saturated heterocycles. The van der Waals surface area contributed by atoms with Gasteiger partial charge in [0.1, 0.15) is 0 Å². The first-order valence-electron chi connectivity index (χ1n) is 4.64. The summed E-state index contributed by atoms with van der Waals surface area (Å²) < 4.78 is 1.91. The van der Waals surface area contributed by atoms with E-state index in [2.05, 4.69) is 31.9 Å². The number of thiophene rings is 1. The number of ketones is 1. The summed E-state index contributed by atoms with van der Waals surface area (Å²) in [6, 6.07) is 9.33. The van der Waals surface area contributed by atoms with Gasteiger partial charge in [-0.3, -0.25) is 4.79 Å². The van der Waals surface area contributed by atoms with Crippen LogP contribution in [0.2, 0.25) is 0 Å². The van der Waals surface area contributed by atoms with Gasteiger partial charge >= 0.3 is 0 Å². The molecule has 0 saturated carbocycles. The highest BCUT2D eigenvalue weighted by Crippen LogP contribution is 2.28. The summed E-state index contributed by atoms with van der Waals surface area (Å²) in [5.41, 5.74) is 1.48. The highest BCUT2D eigenvalue weighted by atomic mass is 79.9. The zero-order chi connectivity index (χ0) is 11.7. The Morgan fingerprint density at radius 3 is 2.56 bits per heavy atom. The van der Waals surface area contributed by atoms with Gasteiger partial charge in [-0.1, -0.05) is 28.1 Å². The van der Waals surface area contributed by atoms with E-state index in [4.69, 9.17) is 0 Å². The van der Waals surface area contributed by atoms with Crippen molar-refractivity contribution in [1.29, 1.82) is 0 Å². The maximum Gasteiger partial charge on any atom is 0.194 e. The number of carbonyl (C=O) groups is 1. The Balaban J connectivity index is 2.43. The van der Waals surface area contributed by atoms with E-state index in [1.165, 1.54) is 0 Å². The minimum absolute atomic E-state index is 0.0701. The van der Waals surface area contributed by atoms with E-state index < -0.39 is 0 Å². The lowest BCUT2D eigenvalue weighted by molar-refractivity contribution is 0.103. The Morgan fingerprint density at radius 2 is 2.00 bits per heavy atom. The molecule has 82 valence electrons. The summed E-state index contributed by atoms with van der Waals surface area (Å²) in [7, 11) is 0. The number of aryl methyl sites for hydroxylation is 1. The molecule has 0 unspecified atom stereocenters. The molecule has 1 aromatic heterocycles. The predicted octanol–water partition coefficient (Wildman–Crippen LogP) is 4.81. The van der Waals surface area contributed by atoms with Crippen LogP contribution < -0.4 is 0 Å². The third kappa shape index (κ3) is 2.44. The predicted molar refractivity (Wildman–Crippen MR) is 74.3 cm³/mol. The molecule has 0 aliphatic heterocycles. The van der Waals surface area contributed by atoms with Gasteiger partial charge in [-0.2, -0.15) is 0 Å². The van der Waals surface area contributed by atoms with Gasteiger partial charge in [-0.25, -0.2) is 0 Å². The smallest absolute Gasteiger partial charge is 0.194 e. The van der Waals surface area contributed by atoms with E-state index in [9.17, 15) is 4.79 Å². The molecule has 0 aliphatic carbocycles. The van der Waals surface area contributed by atoms with Crippen LogP contribution in [0.1, 0.15) is 20.8 Å². The van der Waals surface area contributed by atoms with Gasteiger partial charge in [0.05, 0.1) is 3.79 Å². The van der Waals surface area contributed by atoms with Crippen molar-refractivity contribution in [2.45, 2.75) is 6.92 Å². The molecule has 1 nitrogen and oxygen atoms in total. The van der Waals surface area contributed by atoms with Crippen LogP contribution in [0.15, 0.2) is 38.6 Å². The molecule has 16 heavy (non-hydrogen) atoms. The Bertz CT molecular complexity index is 546. The first kappa shape index (κ1) is 12.0. The summed E-state index contributed by atoms with van der Waals surface area (Å²) >= 11 is 8.34. The van der Waals surface area contributed by atoms with Crippen LogP contribution >= 0.6 is 43.2 Å². The van der Waals surface area contributed by atoms with Gasteiger partial charge in [0.2, 0.25) is 0 Å². The quantitative estimate of drug-likeness (QED) is 0.703. The van der Waals surface area contributed by atoms with Crippen LogP contribution in [-0.2, 0) is 0 Å². The van der Waals surface area contributed by atoms with Crippen molar-refractivity contribution < 1.29 is 4.79 Å². The van der Waals surface area contributed by atoms with Crippen molar-refractivity contribution in [2.24, 2.45) is 0 Å². The van der Waals surface area contributed by atoms with Crippen molar-refractivity contribution in [3.05, 3.63) is 54.6 Å². The molecular formula is C12H8Br2OS. The Kier molecular flexibility index (Phi) is 3.62. The van der Waals surface area contributed by atoms with Crippen molar-refractivity contribution in [3.63, 3.8) is 0 Å². The summed E-state index contributed by atoms with van der Waals surface area (Å²) in [5.74, 6) is 0.0701. The maximum atomic E-state index is 12.2. The fraction of sp³-hybridized carbons (Fsp3) is 0.0833. The molecule has 0 atom stereocenters. The fourth-order valence-corrected chi connectivity index (χ4v) is 3.54. The normalized spacial score (nSPS) is 10.4. The van der Waals surface area contributed by atoms with Gasteiger partial charge < -0.3 is 0 Å². The molecule has 1 heterocycles. The summed E-state index contributed by atoms with van der Waals surface area (Å²) in [5, 5.41) is 0. The minimum Gasteiger partial charge on any atom is -0.289 e. The van der Waals surface area contributed by atoms with E-state index in [1.807, 2.05) is 37.3 Å². The standard InChI is InChI=1S/C12H8Br2OS/c1-7-10(6-11(14)16-7)12(15)8-3-2-4-9(13)5-8/h2-6H,1H3. The molecule has 0 spiro atoms. The summed E-state index contributed by atoms with van der Waals surface area (Å²) in [6.07, 6.45) is 0. The second-order valence-corrected chi connectivity index (χ2v) is 6.91. The Labute approximate surface area is 115 Å². The van der Waals surface area contributed by atoms with Gasteiger partial charge in [-0.05, 0) is 41.1 Å². The summed E-state index contributed by atoms with van der Waals surface area (Å²) in [4.78, 5) is 13.2. The lowest BCUT2D eigenvalue weighted by Crippen LogP contribution is -2.00. The molecule has 1 aromatic carbocycles. The van der Waals surface area contributed by atoms with E-state index in [0.29, 0.717) is 5.56 Å². The van der Waals surface area contributed by atoms with Crippen LogP contribution in [0, 0.1) is 6.92 Å². The molecule has 0 fully saturated rings. The van der Waals surface area contributed by atoms with E-state index in [-0.39, 0.29) is 5.78 Å². The minimum atomic E-state index is 0.0701. The first-order valence-corrected chi connectivity index (χ1v) is 7.04. The highest BCUT2D eigenvalue weighted by molar-refractivity contribution is 9.11. The molecule has 0 radical (unpaired) electrons. The Hall–Kier alpha value is -0.450. The zero-order valence-electron chi connectivity index (χ0n) is 8.46. The highest BCUT2D eigenvalue weighted by Gasteiger charge is 2.14. The van der Waals surface area contributed by atoms with Crippen molar-refractivity contribution in [2.75, 3.05) is 0 Å². The third-order valence-corrected chi connectivity index (χ3v) is 4.27. The molecule has 4 heteroatoms. The van der Waals surface area contributed by atoms with Crippen molar-refractivity contribution in [3.8, 4) is 0 Å². The average molecular weight is 360 g/mol. The number of rotatable bonds is 2. The first-order chi connectivity index (χ1) is 7.58. The van der Waals surface area contributed by atoms with Gasteiger partial charge in [0.25, 0.3) is 0 Å². The van der Waals surface area contributed by atoms with Gasteiger partial charge in [0.15, 0.2) is 5.78 Å². The average Bonchev–Trinajstić information content (AvgIpc) is 2.57. The SMILES string of the molecule is Cc1sc(Br)cc1C(=O)c1cccc(Br)c1. The molecule has 2 aromatic rings. The van der Waals surface area contributed by atoms with Crippen molar-refractivity contribution >= 4 is 49.0 Å².